The SMILES string of the molecule is O=C(O)CCN1C(=O)/C(=C/c2ccc(-c3ccc(Cl)c(Cl)c3)o2)SC1=S. The third kappa shape index (κ3) is 4.12. The molecule has 134 valence electrons. The highest BCUT2D eigenvalue weighted by molar-refractivity contribution is 8.26. The zero-order valence-electron chi connectivity index (χ0n) is 13.1. The van der Waals surface area contributed by atoms with Gasteiger partial charge in [0, 0.05) is 18.2 Å². The monoisotopic (exact) mass is 427 g/mol. The van der Waals surface area contributed by atoms with Gasteiger partial charge < -0.3 is 9.52 Å². The molecular weight excluding hydrogens is 417 g/mol. The molecule has 2 heterocycles. The number of benzene rings is 1. The Balaban J connectivity index is 1.79. The van der Waals surface area contributed by atoms with Crippen molar-refractivity contribution in [3.63, 3.8) is 0 Å². The molecule has 9 heteroatoms. The van der Waals surface area contributed by atoms with Gasteiger partial charge in [-0.3, -0.25) is 14.5 Å². The minimum Gasteiger partial charge on any atom is -0.481 e. The Hall–Kier alpha value is -1.80. The van der Waals surface area contributed by atoms with Gasteiger partial charge in [0.2, 0.25) is 0 Å². The molecule has 1 saturated heterocycles. The molecule has 0 spiro atoms. The van der Waals surface area contributed by atoms with Crippen LogP contribution in [0.2, 0.25) is 10.0 Å². The van der Waals surface area contributed by atoms with E-state index in [1.54, 1.807) is 36.4 Å². The second-order valence-electron chi connectivity index (χ2n) is 5.31. The lowest BCUT2D eigenvalue weighted by Gasteiger charge is -2.12. The Morgan fingerprint density at radius 2 is 2.04 bits per heavy atom. The average molecular weight is 428 g/mol. The van der Waals surface area contributed by atoms with Crippen molar-refractivity contribution < 1.29 is 19.1 Å². The van der Waals surface area contributed by atoms with E-state index in [4.69, 9.17) is 44.9 Å². The highest BCUT2D eigenvalue weighted by Crippen LogP contribution is 2.34. The fourth-order valence-corrected chi connectivity index (χ4v) is 3.85. The van der Waals surface area contributed by atoms with E-state index in [0.717, 1.165) is 17.3 Å². The predicted molar refractivity (Wildman–Crippen MR) is 106 cm³/mol. The number of thioether (sulfide) groups is 1. The van der Waals surface area contributed by atoms with Crippen LogP contribution in [0.5, 0.6) is 0 Å². The van der Waals surface area contributed by atoms with Crippen LogP contribution >= 0.6 is 47.2 Å². The van der Waals surface area contributed by atoms with Gasteiger partial charge >= 0.3 is 5.97 Å². The summed E-state index contributed by atoms with van der Waals surface area (Å²) in [6.45, 7) is 0.0457. The molecule has 0 saturated carbocycles. The first-order valence-corrected chi connectivity index (χ1v) is 9.35. The molecule has 1 N–H and O–H groups in total. The number of furan rings is 1. The number of thiocarbonyl (C=S) groups is 1. The summed E-state index contributed by atoms with van der Waals surface area (Å²) in [4.78, 5) is 24.7. The first-order valence-electron chi connectivity index (χ1n) is 7.37. The number of carbonyl (C=O) groups excluding carboxylic acids is 1. The quantitative estimate of drug-likeness (QED) is 0.538. The summed E-state index contributed by atoms with van der Waals surface area (Å²) >= 11 is 18.2. The van der Waals surface area contributed by atoms with Gasteiger partial charge in [0.05, 0.1) is 21.4 Å². The topological polar surface area (TPSA) is 70.8 Å². The Bertz CT molecular complexity index is 939. The van der Waals surface area contributed by atoms with Crippen molar-refractivity contribution in [2.75, 3.05) is 6.54 Å². The highest BCUT2D eigenvalue weighted by atomic mass is 35.5. The highest BCUT2D eigenvalue weighted by Gasteiger charge is 2.32. The third-order valence-electron chi connectivity index (χ3n) is 3.53. The molecule has 2 aromatic rings. The van der Waals surface area contributed by atoms with Crippen LogP contribution in [0.25, 0.3) is 17.4 Å². The Morgan fingerprint density at radius 1 is 1.27 bits per heavy atom. The Morgan fingerprint density at radius 3 is 2.73 bits per heavy atom. The standard InChI is InChI=1S/C17H11Cl2NO4S2/c18-11-3-1-9(7-12(11)19)13-4-2-10(24-13)8-14-16(23)20(17(25)26-14)6-5-15(21)22/h1-4,7-8H,5-6H2,(H,21,22)/b14-8-. The lowest BCUT2D eigenvalue weighted by Crippen LogP contribution is -2.30. The number of aliphatic carboxylic acids is 1. The Labute approximate surface area is 168 Å². The van der Waals surface area contributed by atoms with E-state index in [1.165, 1.54) is 4.90 Å². The van der Waals surface area contributed by atoms with Gasteiger partial charge in [-0.2, -0.15) is 0 Å². The van der Waals surface area contributed by atoms with Crippen molar-refractivity contribution in [1.29, 1.82) is 0 Å². The van der Waals surface area contributed by atoms with Gasteiger partial charge in [-0.25, -0.2) is 0 Å². The average Bonchev–Trinajstić information content (AvgIpc) is 3.14. The molecule has 0 unspecified atom stereocenters. The summed E-state index contributed by atoms with van der Waals surface area (Å²) in [7, 11) is 0. The number of nitrogens with zero attached hydrogens (tertiary/aromatic N) is 1. The van der Waals surface area contributed by atoms with E-state index in [9.17, 15) is 9.59 Å². The zero-order chi connectivity index (χ0) is 18.8. The lowest BCUT2D eigenvalue weighted by molar-refractivity contribution is -0.137. The van der Waals surface area contributed by atoms with Crippen LogP contribution in [0.4, 0.5) is 0 Å². The molecule has 0 bridgehead atoms. The van der Waals surface area contributed by atoms with Crippen LogP contribution in [-0.4, -0.2) is 32.7 Å². The lowest BCUT2D eigenvalue weighted by atomic mass is 10.2. The van der Waals surface area contributed by atoms with E-state index in [-0.39, 0.29) is 18.9 Å². The van der Waals surface area contributed by atoms with Gasteiger partial charge in [0.25, 0.3) is 5.91 Å². The molecular formula is C17H11Cl2NO4S2. The fourth-order valence-electron chi connectivity index (χ4n) is 2.26. The van der Waals surface area contributed by atoms with Crippen LogP contribution < -0.4 is 0 Å². The Kier molecular flexibility index (Phi) is 5.72. The fraction of sp³-hybridized carbons (Fsp3) is 0.118. The first kappa shape index (κ1) is 19.0. The van der Waals surface area contributed by atoms with Crippen molar-refractivity contribution in [3.8, 4) is 11.3 Å². The van der Waals surface area contributed by atoms with Gasteiger partial charge in [-0.05, 0) is 30.3 Å². The number of halogens is 2. The first-order chi connectivity index (χ1) is 12.3. The number of hydrogen-bond acceptors (Lipinski definition) is 5. The summed E-state index contributed by atoms with van der Waals surface area (Å²) in [6.07, 6.45) is 1.42. The predicted octanol–water partition coefficient (Wildman–Crippen LogP) is 4.93. The van der Waals surface area contributed by atoms with Gasteiger partial charge in [-0.15, -0.1) is 0 Å². The largest absolute Gasteiger partial charge is 0.481 e. The molecule has 0 radical (unpaired) electrons. The molecule has 0 aliphatic carbocycles. The van der Waals surface area contributed by atoms with Crippen LogP contribution in [-0.2, 0) is 9.59 Å². The smallest absolute Gasteiger partial charge is 0.305 e. The van der Waals surface area contributed by atoms with E-state index < -0.39 is 5.97 Å². The van der Waals surface area contributed by atoms with Gasteiger partial charge in [-0.1, -0.05) is 47.2 Å². The summed E-state index contributed by atoms with van der Waals surface area (Å²) in [5.41, 5.74) is 0.757. The van der Waals surface area contributed by atoms with Crippen molar-refractivity contribution in [2.45, 2.75) is 6.42 Å². The van der Waals surface area contributed by atoms with Crippen molar-refractivity contribution in [3.05, 3.63) is 51.0 Å². The van der Waals surface area contributed by atoms with Gasteiger partial charge in [0.15, 0.2) is 0 Å². The maximum atomic E-state index is 12.4. The minimum absolute atomic E-state index is 0.0457. The van der Waals surface area contributed by atoms with E-state index >= 15 is 0 Å². The number of amides is 1. The number of rotatable bonds is 5. The maximum Gasteiger partial charge on any atom is 0.305 e. The van der Waals surface area contributed by atoms with Crippen LogP contribution in [0.15, 0.2) is 39.7 Å². The van der Waals surface area contributed by atoms with Gasteiger partial charge in [0.1, 0.15) is 15.8 Å². The van der Waals surface area contributed by atoms with E-state index in [2.05, 4.69) is 0 Å². The summed E-state index contributed by atoms with van der Waals surface area (Å²) in [6, 6.07) is 8.63. The number of carboxylic acid groups (broad SMARTS) is 1. The summed E-state index contributed by atoms with van der Waals surface area (Å²) in [5.74, 6) is -0.255. The van der Waals surface area contributed by atoms with E-state index in [1.807, 2.05) is 0 Å². The molecule has 1 aromatic carbocycles. The molecule has 1 aliphatic heterocycles. The van der Waals surface area contributed by atoms with Crippen molar-refractivity contribution in [2.24, 2.45) is 0 Å². The second kappa shape index (κ2) is 7.84. The third-order valence-corrected chi connectivity index (χ3v) is 5.64. The summed E-state index contributed by atoms with van der Waals surface area (Å²) < 4.78 is 6.08. The minimum atomic E-state index is -0.986. The molecule has 1 aliphatic rings. The maximum absolute atomic E-state index is 12.4. The van der Waals surface area contributed by atoms with Crippen molar-refractivity contribution in [1.82, 2.24) is 4.90 Å². The molecule has 3 rings (SSSR count). The number of hydrogen-bond donors (Lipinski definition) is 1. The number of carbonyl (C=O) groups is 2. The molecule has 5 nitrogen and oxygen atoms in total. The molecule has 26 heavy (non-hydrogen) atoms. The van der Waals surface area contributed by atoms with Crippen molar-refractivity contribution >= 4 is 69.5 Å². The molecule has 1 aromatic heterocycles. The molecule has 1 amide bonds. The molecule has 1 fully saturated rings. The van der Waals surface area contributed by atoms with E-state index in [0.29, 0.717) is 30.8 Å². The molecule has 0 atom stereocenters. The zero-order valence-corrected chi connectivity index (χ0v) is 16.2. The van der Waals surface area contributed by atoms with Crippen LogP contribution in [0.1, 0.15) is 12.2 Å². The normalized spacial score (nSPS) is 15.9. The number of carboxylic acids is 1. The van der Waals surface area contributed by atoms with Crippen LogP contribution in [0, 0.1) is 0 Å². The second-order valence-corrected chi connectivity index (χ2v) is 7.80. The van der Waals surface area contributed by atoms with Crippen LogP contribution in [0.3, 0.4) is 0 Å². The summed E-state index contributed by atoms with van der Waals surface area (Å²) in [5, 5.41) is 9.63.